The van der Waals surface area contributed by atoms with Crippen LogP contribution < -0.4 is 10.7 Å². The fourth-order valence-corrected chi connectivity index (χ4v) is 0.849. The van der Waals surface area contributed by atoms with E-state index in [1.54, 1.807) is 13.0 Å². The Bertz CT molecular complexity index is 301. The van der Waals surface area contributed by atoms with E-state index in [2.05, 4.69) is 9.82 Å². The lowest BCUT2D eigenvalue weighted by molar-refractivity contribution is 0.0520. The van der Waals surface area contributed by atoms with Crippen LogP contribution in [0.3, 0.4) is 0 Å². The van der Waals surface area contributed by atoms with E-state index in [4.69, 9.17) is 10.6 Å². The molecule has 0 saturated heterocycles. The smallest absolute Gasteiger partial charge is 0.343 e. The molecule has 0 radical (unpaired) electrons. The molecule has 13 heavy (non-hydrogen) atoms. The molecule has 1 aromatic rings. The second-order valence-electron chi connectivity index (χ2n) is 2.19. The van der Waals surface area contributed by atoms with Crippen molar-refractivity contribution in [2.45, 2.75) is 6.92 Å². The van der Waals surface area contributed by atoms with Gasteiger partial charge in [-0.3, -0.25) is 0 Å². The molecule has 0 aliphatic heterocycles. The molecule has 1 rings (SSSR count). The highest BCUT2D eigenvalue weighted by Gasteiger charge is 2.13. The van der Waals surface area contributed by atoms with Gasteiger partial charge in [-0.25, -0.2) is 9.78 Å². The van der Waals surface area contributed by atoms with Crippen molar-refractivity contribution in [1.82, 2.24) is 4.98 Å². The molecule has 0 aromatic carbocycles. The van der Waals surface area contributed by atoms with Gasteiger partial charge in [-0.2, -0.15) is 5.90 Å². The van der Waals surface area contributed by atoms with E-state index in [9.17, 15) is 4.79 Å². The first-order valence-corrected chi connectivity index (χ1v) is 3.78. The van der Waals surface area contributed by atoms with Gasteiger partial charge in [-0.05, 0) is 19.1 Å². The lowest BCUT2D eigenvalue weighted by atomic mass is 10.3. The number of ether oxygens (including phenoxy) is 1. The molecule has 0 saturated carbocycles. The van der Waals surface area contributed by atoms with Gasteiger partial charge in [0, 0.05) is 6.20 Å². The molecule has 1 aromatic heterocycles. The second-order valence-corrected chi connectivity index (χ2v) is 2.19. The van der Waals surface area contributed by atoms with Crippen molar-refractivity contribution < 1.29 is 14.4 Å². The lowest BCUT2D eigenvalue weighted by Crippen LogP contribution is -2.11. The maximum atomic E-state index is 11.2. The molecule has 0 aliphatic carbocycles. The Kier molecular flexibility index (Phi) is 3.22. The van der Waals surface area contributed by atoms with Crippen LogP contribution in [-0.4, -0.2) is 17.6 Å². The highest BCUT2D eigenvalue weighted by atomic mass is 16.6. The van der Waals surface area contributed by atoms with Gasteiger partial charge >= 0.3 is 5.97 Å². The van der Waals surface area contributed by atoms with Crippen LogP contribution in [0.4, 0.5) is 0 Å². The minimum atomic E-state index is -0.490. The van der Waals surface area contributed by atoms with E-state index in [1.807, 2.05) is 0 Å². The molecule has 0 aliphatic rings. The van der Waals surface area contributed by atoms with Crippen LogP contribution in [0.5, 0.6) is 5.88 Å². The maximum absolute atomic E-state index is 11.2. The number of aromatic nitrogens is 1. The first-order chi connectivity index (χ1) is 6.29. The van der Waals surface area contributed by atoms with Crippen LogP contribution in [0, 0.1) is 0 Å². The van der Waals surface area contributed by atoms with Gasteiger partial charge in [0.05, 0.1) is 6.61 Å². The number of pyridine rings is 1. The number of esters is 1. The van der Waals surface area contributed by atoms with Gasteiger partial charge in [0.1, 0.15) is 5.56 Å². The van der Waals surface area contributed by atoms with Crippen LogP contribution in [0.1, 0.15) is 17.3 Å². The summed E-state index contributed by atoms with van der Waals surface area (Å²) in [4.78, 5) is 19.4. The summed E-state index contributed by atoms with van der Waals surface area (Å²) in [6.07, 6.45) is 1.48. The Morgan fingerprint density at radius 2 is 2.46 bits per heavy atom. The van der Waals surface area contributed by atoms with Crippen molar-refractivity contribution >= 4 is 5.97 Å². The van der Waals surface area contributed by atoms with Crippen molar-refractivity contribution in [3.05, 3.63) is 23.9 Å². The summed E-state index contributed by atoms with van der Waals surface area (Å²) in [6, 6.07) is 3.14. The zero-order chi connectivity index (χ0) is 9.68. The number of rotatable bonds is 3. The number of nitrogens with zero attached hydrogens (tertiary/aromatic N) is 1. The molecule has 0 fully saturated rings. The van der Waals surface area contributed by atoms with E-state index in [0.717, 1.165) is 0 Å². The first kappa shape index (κ1) is 9.47. The van der Waals surface area contributed by atoms with Crippen LogP contribution in [0.2, 0.25) is 0 Å². The molecule has 2 N–H and O–H groups in total. The molecular formula is C8H10N2O3. The van der Waals surface area contributed by atoms with Gasteiger partial charge in [-0.1, -0.05) is 0 Å². The molecule has 0 unspecified atom stereocenters. The monoisotopic (exact) mass is 182 g/mol. The van der Waals surface area contributed by atoms with E-state index in [0.29, 0.717) is 6.61 Å². The van der Waals surface area contributed by atoms with Crippen LogP contribution in [0.25, 0.3) is 0 Å². The summed E-state index contributed by atoms with van der Waals surface area (Å²) in [5.74, 6) is 4.49. The topological polar surface area (TPSA) is 74.4 Å². The zero-order valence-electron chi connectivity index (χ0n) is 7.19. The normalized spacial score (nSPS) is 9.38. The van der Waals surface area contributed by atoms with Gasteiger partial charge in [-0.15, -0.1) is 0 Å². The van der Waals surface area contributed by atoms with Crippen LogP contribution in [0.15, 0.2) is 18.3 Å². The SMILES string of the molecule is CCOC(=O)c1cccnc1ON. The third-order valence-corrected chi connectivity index (χ3v) is 1.38. The number of carbonyl (C=O) groups excluding carboxylic acids is 1. The Hall–Kier alpha value is -1.62. The Labute approximate surface area is 75.4 Å². The Morgan fingerprint density at radius 1 is 1.69 bits per heavy atom. The summed E-state index contributed by atoms with van der Waals surface area (Å²) in [6.45, 7) is 2.02. The number of hydrogen-bond acceptors (Lipinski definition) is 5. The molecule has 1 heterocycles. The lowest BCUT2D eigenvalue weighted by Gasteiger charge is -2.04. The van der Waals surface area contributed by atoms with E-state index < -0.39 is 5.97 Å². The number of hydrogen-bond donors (Lipinski definition) is 1. The van der Waals surface area contributed by atoms with Gasteiger partial charge in [0.15, 0.2) is 0 Å². The standard InChI is InChI=1S/C8H10N2O3/c1-2-12-8(11)6-4-3-5-10-7(6)13-9/h3-5H,2,9H2,1H3. The molecule has 5 heteroatoms. The molecular weight excluding hydrogens is 172 g/mol. The largest absolute Gasteiger partial charge is 0.462 e. The van der Waals surface area contributed by atoms with Gasteiger partial charge in [0.25, 0.3) is 5.88 Å². The molecule has 0 spiro atoms. The van der Waals surface area contributed by atoms with Crippen molar-refractivity contribution in [2.75, 3.05) is 6.61 Å². The average Bonchev–Trinajstić information content (AvgIpc) is 2.18. The number of carbonyl (C=O) groups is 1. The Balaban J connectivity index is 2.92. The van der Waals surface area contributed by atoms with E-state index >= 15 is 0 Å². The third kappa shape index (κ3) is 2.16. The summed E-state index contributed by atoms with van der Waals surface area (Å²) < 4.78 is 4.76. The molecule has 5 nitrogen and oxygen atoms in total. The predicted octanol–water partition coefficient (Wildman–Crippen LogP) is 0.511. The zero-order valence-corrected chi connectivity index (χ0v) is 7.19. The quantitative estimate of drug-likeness (QED) is 0.544. The molecule has 70 valence electrons. The van der Waals surface area contributed by atoms with E-state index in [-0.39, 0.29) is 11.4 Å². The molecule has 0 bridgehead atoms. The van der Waals surface area contributed by atoms with Gasteiger partial charge in [0.2, 0.25) is 0 Å². The average molecular weight is 182 g/mol. The maximum Gasteiger partial charge on any atom is 0.343 e. The summed E-state index contributed by atoms with van der Waals surface area (Å²) in [5.41, 5.74) is 0.229. The minimum Gasteiger partial charge on any atom is -0.462 e. The predicted molar refractivity (Wildman–Crippen MR) is 45.0 cm³/mol. The molecule has 0 amide bonds. The Morgan fingerprint density at radius 3 is 3.08 bits per heavy atom. The summed E-state index contributed by atoms with van der Waals surface area (Å²) in [5, 5.41) is 0. The fraction of sp³-hybridized carbons (Fsp3) is 0.250. The van der Waals surface area contributed by atoms with Crippen molar-refractivity contribution in [1.29, 1.82) is 0 Å². The molecule has 0 atom stereocenters. The third-order valence-electron chi connectivity index (χ3n) is 1.38. The van der Waals surface area contributed by atoms with Crippen molar-refractivity contribution in [2.24, 2.45) is 5.90 Å². The minimum absolute atomic E-state index is 0.0703. The van der Waals surface area contributed by atoms with E-state index in [1.165, 1.54) is 12.3 Å². The number of nitrogens with two attached hydrogens (primary N) is 1. The fourth-order valence-electron chi connectivity index (χ4n) is 0.849. The van der Waals surface area contributed by atoms with Gasteiger partial charge < -0.3 is 9.57 Å². The second kappa shape index (κ2) is 4.42. The first-order valence-electron chi connectivity index (χ1n) is 3.78. The highest BCUT2D eigenvalue weighted by molar-refractivity contribution is 5.91. The van der Waals surface area contributed by atoms with Crippen molar-refractivity contribution in [3.63, 3.8) is 0 Å². The summed E-state index contributed by atoms with van der Waals surface area (Å²) in [7, 11) is 0. The van der Waals surface area contributed by atoms with Crippen LogP contribution in [-0.2, 0) is 4.74 Å². The van der Waals surface area contributed by atoms with Crippen LogP contribution >= 0.6 is 0 Å². The summed E-state index contributed by atoms with van der Waals surface area (Å²) >= 11 is 0. The van der Waals surface area contributed by atoms with Crippen molar-refractivity contribution in [3.8, 4) is 5.88 Å². The highest BCUT2D eigenvalue weighted by Crippen LogP contribution is 2.13.